The molecule has 2 fully saturated rings. The largest absolute Gasteiger partial charge is 0.493 e. The first-order chi connectivity index (χ1) is 13.7. The number of aliphatic hydroxyl groups excluding tert-OH is 2. The number of nitrogens with one attached hydrogen (secondary N) is 1. The summed E-state index contributed by atoms with van der Waals surface area (Å²) in [5.74, 6) is 1.22. The topological polar surface area (TPSA) is 87.6 Å². The molecule has 0 unspecified atom stereocenters. The van der Waals surface area contributed by atoms with E-state index in [0.29, 0.717) is 24.6 Å². The Kier molecular flexibility index (Phi) is 4.84. The van der Waals surface area contributed by atoms with Gasteiger partial charge in [0.25, 0.3) is 0 Å². The summed E-state index contributed by atoms with van der Waals surface area (Å²) in [6, 6.07) is 8.03. The predicted octanol–water partition coefficient (Wildman–Crippen LogP) is 3.41. The van der Waals surface area contributed by atoms with Gasteiger partial charge in [-0.2, -0.15) is 0 Å². The number of aromatic nitrogens is 2. The van der Waals surface area contributed by atoms with Crippen LogP contribution in [0.3, 0.4) is 0 Å². The average molecular weight is 401 g/mol. The van der Waals surface area contributed by atoms with E-state index in [4.69, 9.17) is 9.47 Å². The molecule has 1 aliphatic heterocycles. The van der Waals surface area contributed by atoms with Crippen molar-refractivity contribution in [3.63, 3.8) is 0 Å². The van der Waals surface area contributed by atoms with Gasteiger partial charge in [0.1, 0.15) is 16.9 Å². The van der Waals surface area contributed by atoms with Crippen LogP contribution in [0.5, 0.6) is 5.75 Å². The molecule has 1 aromatic carbocycles. The zero-order valence-electron chi connectivity index (χ0n) is 15.5. The van der Waals surface area contributed by atoms with Crippen molar-refractivity contribution >= 4 is 22.2 Å². The summed E-state index contributed by atoms with van der Waals surface area (Å²) in [5.41, 5.74) is 1.79. The number of hydrogen-bond acceptors (Lipinski definition) is 6. The van der Waals surface area contributed by atoms with E-state index in [-0.39, 0.29) is 24.7 Å². The Morgan fingerprint density at radius 3 is 3.07 bits per heavy atom. The SMILES string of the molecule is OCc1csc([C@H]2CC[C@@H]3[C@@H](COc4ccc5[nH]ccc5c4)[C@H](O)C[C@@H]3O2)n1. The smallest absolute Gasteiger partial charge is 0.122 e. The molecule has 3 N–H and O–H groups in total. The first kappa shape index (κ1) is 18.1. The maximum absolute atomic E-state index is 10.6. The number of rotatable bonds is 5. The molecule has 1 aliphatic carbocycles. The molecular weight excluding hydrogens is 376 g/mol. The number of fused-ring (bicyclic) bond motifs is 2. The Bertz CT molecular complexity index is 955. The second-order valence-electron chi connectivity index (χ2n) is 7.74. The lowest BCUT2D eigenvalue weighted by atomic mass is 9.87. The molecule has 0 bridgehead atoms. The van der Waals surface area contributed by atoms with E-state index >= 15 is 0 Å². The number of benzene rings is 1. The Labute approximate surface area is 167 Å². The van der Waals surface area contributed by atoms with Gasteiger partial charge in [0.05, 0.1) is 31.1 Å². The van der Waals surface area contributed by atoms with Gasteiger partial charge in [-0.05, 0) is 43.0 Å². The normalized spacial score (nSPS) is 29.9. The summed E-state index contributed by atoms with van der Waals surface area (Å²) in [7, 11) is 0. The molecule has 28 heavy (non-hydrogen) atoms. The molecule has 1 saturated heterocycles. The van der Waals surface area contributed by atoms with Crippen LogP contribution in [0.4, 0.5) is 0 Å². The lowest BCUT2D eigenvalue weighted by Gasteiger charge is -2.33. The fraction of sp³-hybridized carbons (Fsp3) is 0.476. The second-order valence-corrected chi connectivity index (χ2v) is 8.63. The van der Waals surface area contributed by atoms with E-state index < -0.39 is 6.10 Å². The zero-order chi connectivity index (χ0) is 19.1. The molecular formula is C21H24N2O4S. The Balaban J connectivity index is 1.23. The van der Waals surface area contributed by atoms with Crippen molar-refractivity contribution in [3.05, 3.63) is 46.5 Å². The lowest BCUT2D eigenvalue weighted by Crippen LogP contribution is -2.33. The van der Waals surface area contributed by atoms with Crippen LogP contribution in [0, 0.1) is 11.8 Å². The predicted molar refractivity (Wildman–Crippen MR) is 106 cm³/mol. The minimum atomic E-state index is -0.408. The van der Waals surface area contributed by atoms with Crippen molar-refractivity contribution in [1.29, 1.82) is 0 Å². The molecule has 3 heterocycles. The number of nitrogens with zero attached hydrogens (tertiary/aromatic N) is 1. The monoisotopic (exact) mass is 400 g/mol. The van der Waals surface area contributed by atoms with Crippen molar-refractivity contribution in [2.45, 2.75) is 44.2 Å². The number of hydrogen-bond donors (Lipinski definition) is 3. The molecule has 3 aromatic rings. The number of thiazole rings is 1. The highest BCUT2D eigenvalue weighted by Crippen LogP contribution is 2.46. The van der Waals surface area contributed by atoms with E-state index in [1.807, 2.05) is 35.8 Å². The van der Waals surface area contributed by atoms with Crippen molar-refractivity contribution in [2.75, 3.05) is 6.61 Å². The standard InChI is InChI=1S/C21H24N2O4S/c24-9-13-11-28-21(23-13)19-4-2-15-16(18(25)8-20(15)27-19)10-26-14-1-3-17-12(7-14)5-6-22-17/h1,3,5-7,11,15-16,18-20,22,24-25H,2,4,8-10H2/t15-,16-,18-,19-,20+/m1/s1. The third kappa shape index (κ3) is 3.33. The lowest BCUT2D eigenvalue weighted by molar-refractivity contribution is -0.0812. The third-order valence-electron chi connectivity index (χ3n) is 6.07. The third-order valence-corrected chi connectivity index (χ3v) is 7.06. The van der Waals surface area contributed by atoms with Gasteiger partial charge in [0.2, 0.25) is 0 Å². The van der Waals surface area contributed by atoms with E-state index in [1.54, 1.807) is 0 Å². The van der Waals surface area contributed by atoms with Gasteiger partial charge >= 0.3 is 0 Å². The van der Waals surface area contributed by atoms with E-state index in [9.17, 15) is 10.2 Å². The molecule has 5 rings (SSSR count). The average Bonchev–Trinajstić information content (AvgIpc) is 3.43. The summed E-state index contributed by atoms with van der Waals surface area (Å²) in [4.78, 5) is 7.64. The maximum atomic E-state index is 10.6. The van der Waals surface area contributed by atoms with Crippen LogP contribution < -0.4 is 4.74 Å². The Morgan fingerprint density at radius 1 is 1.29 bits per heavy atom. The number of aliphatic hydroxyl groups is 2. The van der Waals surface area contributed by atoms with Crippen molar-refractivity contribution in [3.8, 4) is 5.75 Å². The molecule has 0 spiro atoms. The molecule has 7 heteroatoms. The van der Waals surface area contributed by atoms with E-state index in [1.165, 1.54) is 11.3 Å². The van der Waals surface area contributed by atoms with Gasteiger partial charge in [-0.1, -0.05) is 0 Å². The van der Waals surface area contributed by atoms with Crippen LogP contribution in [0.25, 0.3) is 10.9 Å². The molecule has 0 radical (unpaired) electrons. The summed E-state index contributed by atoms with van der Waals surface area (Å²) >= 11 is 1.54. The van der Waals surface area contributed by atoms with E-state index in [2.05, 4.69) is 9.97 Å². The molecule has 5 atom stereocenters. The van der Waals surface area contributed by atoms with Gasteiger partial charge in [-0.15, -0.1) is 11.3 Å². The van der Waals surface area contributed by atoms with Crippen molar-refractivity contribution < 1.29 is 19.7 Å². The number of H-pyrrole nitrogens is 1. The van der Waals surface area contributed by atoms with Gasteiger partial charge in [-0.25, -0.2) is 4.98 Å². The second kappa shape index (κ2) is 7.48. The van der Waals surface area contributed by atoms with E-state index in [0.717, 1.165) is 34.5 Å². The van der Waals surface area contributed by atoms with Crippen LogP contribution in [-0.2, 0) is 11.3 Å². The van der Waals surface area contributed by atoms with Crippen LogP contribution >= 0.6 is 11.3 Å². The van der Waals surface area contributed by atoms with Crippen molar-refractivity contribution in [2.24, 2.45) is 11.8 Å². The van der Waals surface area contributed by atoms with Crippen LogP contribution in [0.15, 0.2) is 35.8 Å². The minimum absolute atomic E-state index is 0.0329. The zero-order valence-corrected chi connectivity index (χ0v) is 16.3. The highest BCUT2D eigenvalue weighted by Gasteiger charge is 2.47. The Hall–Kier alpha value is -1.93. The number of ether oxygens (including phenoxy) is 2. The maximum Gasteiger partial charge on any atom is 0.122 e. The quantitative estimate of drug-likeness (QED) is 0.611. The van der Waals surface area contributed by atoms with Crippen LogP contribution in [0.2, 0.25) is 0 Å². The molecule has 148 valence electrons. The first-order valence-corrected chi connectivity index (χ1v) is 10.7. The van der Waals surface area contributed by atoms with Gasteiger partial charge in [-0.3, -0.25) is 0 Å². The molecule has 0 amide bonds. The first-order valence-electron chi connectivity index (χ1n) is 9.80. The highest BCUT2D eigenvalue weighted by molar-refractivity contribution is 7.09. The number of aromatic amines is 1. The van der Waals surface area contributed by atoms with Crippen LogP contribution in [0.1, 0.15) is 36.1 Å². The van der Waals surface area contributed by atoms with Gasteiger partial charge in [0, 0.05) is 34.8 Å². The Morgan fingerprint density at radius 2 is 2.21 bits per heavy atom. The summed E-state index contributed by atoms with van der Waals surface area (Å²) in [5, 5.41) is 23.8. The minimum Gasteiger partial charge on any atom is -0.493 e. The van der Waals surface area contributed by atoms with Gasteiger partial charge < -0.3 is 24.7 Å². The molecule has 1 saturated carbocycles. The highest BCUT2D eigenvalue weighted by atomic mass is 32.1. The molecule has 2 aromatic heterocycles. The van der Waals surface area contributed by atoms with Crippen molar-refractivity contribution in [1.82, 2.24) is 9.97 Å². The fourth-order valence-electron chi connectivity index (χ4n) is 4.60. The molecule has 2 aliphatic rings. The summed E-state index contributed by atoms with van der Waals surface area (Å²) in [6.07, 6.45) is 4.04. The summed E-state index contributed by atoms with van der Waals surface area (Å²) < 4.78 is 12.3. The van der Waals surface area contributed by atoms with Crippen LogP contribution in [-0.4, -0.2) is 39.0 Å². The molecule has 6 nitrogen and oxygen atoms in total. The van der Waals surface area contributed by atoms with Gasteiger partial charge in [0.15, 0.2) is 0 Å². The fourth-order valence-corrected chi connectivity index (χ4v) is 5.48. The summed E-state index contributed by atoms with van der Waals surface area (Å²) in [6.45, 7) is 0.458.